The van der Waals surface area contributed by atoms with Crippen molar-refractivity contribution in [2.24, 2.45) is 0 Å². The van der Waals surface area contributed by atoms with Gasteiger partial charge < -0.3 is 5.11 Å². The van der Waals surface area contributed by atoms with Crippen LogP contribution in [0.2, 0.25) is 0 Å². The molecule has 2 rings (SSSR count). The van der Waals surface area contributed by atoms with Gasteiger partial charge in [0.15, 0.2) is 0 Å². The zero-order valence-electron chi connectivity index (χ0n) is 8.11. The first-order valence-corrected chi connectivity index (χ1v) is 4.97. The van der Waals surface area contributed by atoms with Gasteiger partial charge in [-0.15, -0.1) is 12.3 Å². The average molecular weight is 186 g/mol. The molecule has 0 aliphatic heterocycles. The minimum atomic E-state index is -0.380. The molecule has 0 bridgehead atoms. The van der Waals surface area contributed by atoms with Gasteiger partial charge in [-0.05, 0) is 18.4 Å². The quantitative estimate of drug-likeness (QED) is 0.717. The molecule has 0 amide bonds. The number of benzene rings is 1. The maximum Gasteiger partial charge on any atom is 0.0745 e. The lowest BCUT2D eigenvalue weighted by molar-refractivity contribution is 0.136. The molecule has 0 spiro atoms. The zero-order valence-corrected chi connectivity index (χ0v) is 8.11. The Hall–Kier alpha value is -1.26. The van der Waals surface area contributed by atoms with Crippen molar-refractivity contribution in [1.29, 1.82) is 0 Å². The Morgan fingerprint density at radius 1 is 1.36 bits per heavy atom. The Morgan fingerprint density at radius 2 is 2.00 bits per heavy atom. The first-order valence-electron chi connectivity index (χ1n) is 4.97. The Bertz CT molecular complexity index is 343. The lowest BCUT2D eigenvalue weighted by Crippen LogP contribution is -2.25. The van der Waals surface area contributed by atoms with E-state index in [-0.39, 0.29) is 11.5 Å². The van der Waals surface area contributed by atoms with Crippen LogP contribution in [-0.2, 0) is 5.41 Å². The van der Waals surface area contributed by atoms with Crippen LogP contribution in [0.5, 0.6) is 0 Å². The second kappa shape index (κ2) is 3.48. The molecule has 1 N–H and O–H groups in total. The first kappa shape index (κ1) is 9.30. The molecule has 0 radical (unpaired) electrons. The van der Waals surface area contributed by atoms with Gasteiger partial charge >= 0.3 is 0 Å². The van der Waals surface area contributed by atoms with Crippen LogP contribution in [0.1, 0.15) is 24.8 Å². The van der Waals surface area contributed by atoms with Gasteiger partial charge in [0.2, 0.25) is 0 Å². The third kappa shape index (κ3) is 1.42. The first-order chi connectivity index (χ1) is 6.79. The lowest BCUT2D eigenvalue weighted by Gasteiger charge is -2.20. The van der Waals surface area contributed by atoms with E-state index < -0.39 is 0 Å². The normalized spacial score (nSPS) is 19.7. The standard InChI is InChI=1S/C13H14O/c1-2-6-12(14)13(9-10-13)11-7-4-3-5-8-11/h1,3-5,7-8,12,14H,6,9-10H2. The van der Waals surface area contributed by atoms with Crippen molar-refractivity contribution in [3.05, 3.63) is 35.9 Å². The molecule has 0 aromatic heterocycles. The van der Waals surface area contributed by atoms with Crippen molar-refractivity contribution < 1.29 is 5.11 Å². The van der Waals surface area contributed by atoms with E-state index in [0.29, 0.717) is 6.42 Å². The summed E-state index contributed by atoms with van der Waals surface area (Å²) in [7, 11) is 0. The third-order valence-electron chi connectivity index (χ3n) is 3.09. The van der Waals surface area contributed by atoms with E-state index in [1.807, 2.05) is 18.2 Å². The summed E-state index contributed by atoms with van der Waals surface area (Å²) in [5.74, 6) is 2.53. The van der Waals surface area contributed by atoms with E-state index in [4.69, 9.17) is 6.42 Å². The third-order valence-corrected chi connectivity index (χ3v) is 3.09. The van der Waals surface area contributed by atoms with E-state index in [0.717, 1.165) is 12.8 Å². The number of hydrogen-bond donors (Lipinski definition) is 1. The molecule has 1 atom stereocenters. The summed E-state index contributed by atoms with van der Waals surface area (Å²) in [6.07, 6.45) is 7.41. The highest BCUT2D eigenvalue weighted by Gasteiger charge is 2.49. The van der Waals surface area contributed by atoms with Gasteiger partial charge in [-0.3, -0.25) is 0 Å². The summed E-state index contributed by atoms with van der Waals surface area (Å²) in [5.41, 5.74) is 1.19. The Kier molecular flexibility index (Phi) is 2.31. The molecule has 14 heavy (non-hydrogen) atoms. The van der Waals surface area contributed by atoms with Gasteiger partial charge in [-0.2, -0.15) is 0 Å². The van der Waals surface area contributed by atoms with Gasteiger partial charge in [0, 0.05) is 11.8 Å². The summed E-state index contributed by atoms with van der Waals surface area (Å²) in [6.45, 7) is 0. The van der Waals surface area contributed by atoms with Crippen LogP contribution in [0.4, 0.5) is 0 Å². The smallest absolute Gasteiger partial charge is 0.0745 e. The highest BCUT2D eigenvalue weighted by molar-refractivity contribution is 5.33. The van der Waals surface area contributed by atoms with Crippen LogP contribution < -0.4 is 0 Å². The molecule has 1 aromatic rings. The van der Waals surface area contributed by atoms with Crippen molar-refractivity contribution in [1.82, 2.24) is 0 Å². The lowest BCUT2D eigenvalue weighted by atomic mass is 9.88. The minimum Gasteiger partial charge on any atom is -0.391 e. The van der Waals surface area contributed by atoms with Crippen LogP contribution in [0.25, 0.3) is 0 Å². The summed E-state index contributed by atoms with van der Waals surface area (Å²) < 4.78 is 0. The summed E-state index contributed by atoms with van der Waals surface area (Å²) in [4.78, 5) is 0. The van der Waals surface area contributed by atoms with Crippen molar-refractivity contribution in [2.45, 2.75) is 30.8 Å². The fourth-order valence-electron chi connectivity index (χ4n) is 2.03. The van der Waals surface area contributed by atoms with Gasteiger partial charge in [0.1, 0.15) is 0 Å². The highest BCUT2D eigenvalue weighted by atomic mass is 16.3. The SMILES string of the molecule is C#CCC(O)C1(c2ccccc2)CC1. The summed E-state index contributed by atoms with van der Waals surface area (Å²) >= 11 is 0. The minimum absolute atomic E-state index is 0.0341. The Morgan fingerprint density at radius 3 is 2.50 bits per heavy atom. The van der Waals surface area contributed by atoms with E-state index in [1.165, 1.54) is 5.56 Å². The number of terminal acetylenes is 1. The number of aliphatic hydroxyl groups is 1. The second-order valence-corrected chi connectivity index (χ2v) is 3.95. The van der Waals surface area contributed by atoms with Crippen LogP contribution in [0.15, 0.2) is 30.3 Å². The largest absolute Gasteiger partial charge is 0.391 e. The molecule has 1 unspecified atom stereocenters. The van der Waals surface area contributed by atoms with E-state index >= 15 is 0 Å². The zero-order chi connectivity index (χ0) is 10.0. The van der Waals surface area contributed by atoms with E-state index in [2.05, 4.69) is 18.1 Å². The van der Waals surface area contributed by atoms with Crippen molar-refractivity contribution in [2.75, 3.05) is 0 Å². The van der Waals surface area contributed by atoms with Gasteiger partial charge in [-0.1, -0.05) is 30.3 Å². The number of rotatable bonds is 3. The molecule has 1 aliphatic carbocycles. The predicted molar refractivity (Wildman–Crippen MR) is 56.8 cm³/mol. The molecule has 1 nitrogen and oxygen atoms in total. The molecular weight excluding hydrogens is 172 g/mol. The molecular formula is C13H14O. The molecule has 1 heteroatoms. The number of aliphatic hydroxyl groups excluding tert-OH is 1. The van der Waals surface area contributed by atoms with Crippen molar-refractivity contribution >= 4 is 0 Å². The fraction of sp³-hybridized carbons (Fsp3) is 0.385. The maximum absolute atomic E-state index is 9.95. The molecule has 0 saturated heterocycles. The maximum atomic E-state index is 9.95. The Labute approximate surface area is 84.8 Å². The monoisotopic (exact) mass is 186 g/mol. The molecule has 1 aromatic carbocycles. The van der Waals surface area contributed by atoms with Crippen LogP contribution in [0.3, 0.4) is 0 Å². The average Bonchev–Trinajstić information content (AvgIpc) is 3.00. The summed E-state index contributed by atoms with van der Waals surface area (Å²) in [5, 5.41) is 9.95. The van der Waals surface area contributed by atoms with Crippen molar-refractivity contribution in [3.8, 4) is 12.3 Å². The molecule has 1 aliphatic rings. The molecule has 72 valence electrons. The van der Waals surface area contributed by atoms with Gasteiger partial charge in [-0.25, -0.2) is 0 Å². The van der Waals surface area contributed by atoms with E-state index in [9.17, 15) is 5.11 Å². The second-order valence-electron chi connectivity index (χ2n) is 3.95. The predicted octanol–water partition coefficient (Wildman–Crippen LogP) is 2.10. The summed E-state index contributed by atoms with van der Waals surface area (Å²) in [6, 6.07) is 10.2. The van der Waals surface area contributed by atoms with Crippen LogP contribution in [0, 0.1) is 12.3 Å². The molecule has 0 heterocycles. The van der Waals surface area contributed by atoms with Crippen LogP contribution >= 0.6 is 0 Å². The molecule has 1 fully saturated rings. The fourth-order valence-corrected chi connectivity index (χ4v) is 2.03. The molecule has 1 saturated carbocycles. The topological polar surface area (TPSA) is 20.2 Å². The number of hydrogen-bond acceptors (Lipinski definition) is 1. The highest BCUT2D eigenvalue weighted by Crippen LogP contribution is 2.51. The Balaban J connectivity index is 2.22. The van der Waals surface area contributed by atoms with Crippen LogP contribution in [-0.4, -0.2) is 11.2 Å². The van der Waals surface area contributed by atoms with Gasteiger partial charge in [0.05, 0.1) is 6.10 Å². The van der Waals surface area contributed by atoms with Crippen molar-refractivity contribution in [3.63, 3.8) is 0 Å². The van der Waals surface area contributed by atoms with E-state index in [1.54, 1.807) is 0 Å². The van der Waals surface area contributed by atoms with Gasteiger partial charge in [0.25, 0.3) is 0 Å².